The van der Waals surface area contributed by atoms with E-state index in [-0.39, 0.29) is 30.7 Å². The topological polar surface area (TPSA) is 82.5 Å². The van der Waals surface area contributed by atoms with Gasteiger partial charge in [-0.2, -0.15) is 0 Å². The second-order valence-electron chi connectivity index (χ2n) is 3.26. The minimum absolute atomic E-state index is 0.0126. The maximum atomic E-state index is 11.0. The number of hydrogen-bond acceptors (Lipinski definition) is 4. The van der Waals surface area contributed by atoms with E-state index in [0.29, 0.717) is 16.8 Å². The Balaban J connectivity index is 2.92. The number of aromatic nitrogens is 1. The van der Waals surface area contributed by atoms with Gasteiger partial charge in [0.25, 0.3) is 0 Å². The van der Waals surface area contributed by atoms with Crippen LogP contribution in [0.2, 0.25) is 0 Å². The van der Waals surface area contributed by atoms with E-state index in [1.54, 1.807) is 6.92 Å². The van der Waals surface area contributed by atoms with Crippen molar-refractivity contribution in [3.05, 3.63) is 23.0 Å². The fraction of sp³-hybridized carbons (Fsp3) is 0.400. The van der Waals surface area contributed by atoms with Gasteiger partial charge in [0.05, 0.1) is 12.3 Å². The highest BCUT2D eigenvalue weighted by molar-refractivity contribution is 6.27. The predicted octanol–water partition coefficient (Wildman–Crippen LogP) is 0.443. The van der Waals surface area contributed by atoms with E-state index in [4.69, 9.17) is 16.7 Å². The van der Waals surface area contributed by atoms with Crippen LogP contribution < -0.4 is 5.32 Å². The molecule has 0 bridgehead atoms. The molecule has 1 rings (SSSR count). The highest BCUT2D eigenvalue weighted by Gasteiger charge is 2.11. The van der Waals surface area contributed by atoms with Crippen LogP contribution in [-0.2, 0) is 17.9 Å². The van der Waals surface area contributed by atoms with E-state index in [1.165, 1.54) is 6.20 Å². The Morgan fingerprint density at radius 3 is 2.88 bits per heavy atom. The third-order valence-corrected chi connectivity index (χ3v) is 2.43. The van der Waals surface area contributed by atoms with E-state index >= 15 is 0 Å². The first-order valence-corrected chi connectivity index (χ1v) is 5.23. The highest BCUT2D eigenvalue weighted by atomic mass is 35.5. The molecule has 1 aromatic rings. The fourth-order valence-corrected chi connectivity index (χ4v) is 1.35. The summed E-state index contributed by atoms with van der Waals surface area (Å²) in [4.78, 5) is 14.9. The smallest absolute Gasteiger partial charge is 0.235 e. The lowest BCUT2D eigenvalue weighted by Crippen LogP contribution is -2.24. The Hall–Kier alpha value is -1.33. The maximum Gasteiger partial charge on any atom is 0.235 e. The summed E-state index contributed by atoms with van der Waals surface area (Å²) in [5.41, 5.74) is 1.40. The van der Waals surface area contributed by atoms with Crippen molar-refractivity contribution in [1.82, 2.24) is 10.3 Å². The molecule has 0 spiro atoms. The van der Waals surface area contributed by atoms with Gasteiger partial charge < -0.3 is 15.5 Å². The van der Waals surface area contributed by atoms with Gasteiger partial charge >= 0.3 is 0 Å². The molecular weight excluding hydrogens is 232 g/mol. The average molecular weight is 245 g/mol. The largest absolute Gasteiger partial charge is 0.506 e. The number of nitrogens with zero attached hydrogens (tertiary/aromatic N) is 1. The van der Waals surface area contributed by atoms with Crippen molar-refractivity contribution in [2.45, 2.75) is 20.1 Å². The molecule has 0 fully saturated rings. The lowest BCUT2D eigenvalue weighted by molar-refractivity contribution is -0.118. The van der Waals surface area contributed by atoms with Gasteiger partial charge in [0.15, 0.2) is 0 Å². The molecule has 0 saturated heterocycles. The van der Waals surface area contributed by atoms with E-state index in [2.05, 4.69) is 10.3 Å². The number of carbonyl (C=O) groups is 1. The normalized spacial score (nSPS) is 10.2. The average Bonchev–Trinajstić information content (AvgIpc) is 2.30. The summed E-state index contributed by atoms with van der Waals surface area (Å²) in [6.07, 6.45) is 1.47. The summed E-state index contributed by atoms with van der Waals surface area (Å²) in [6, 6.07) is 0. The van der Waals surface area contributed by atoms with Crippen molar-refractivity contribution in [3.63, 3.8) is 0 Å². The number of rotatable bonds is 4. The number of pyridine rings is 1. The number of amides is 1. The van der Waals surface area contributed by atoms with Crippen LogP contribution in [0.1, 0.15) is 16.8 Å². The molecule has 0 aromatic carbocycles. The van der Waals surface area contributed by atoms with Crippen molar-refractivity contribution in [2.75, 3.05) is 5.88 Å². The summed E-state index contributed by atoms with van der Waals surface area (Å²) in [5, 5.41) is 21.3. The maximum absolute atomic E-state index is 11.0. The van der Waals surface area contributed by atoms with Gasteiger partial charge in [0.2, 0.25) is 5.91 Å². The van der Waals surface area contributed by atoms with Crippen molar-refractivity contribution in [2.24, 2.45) is 0 Å². The number of nitrogens with one attached hydrogen (secondary N) is 1. The summed E-state index contributed by atoms with van der Waals surface area (Å²) >= 11 is 5.33. The molecule has 1 heterocycles. The van der Waals surface area contributed by atoms with Crippen LogP contribution in [-0.4, -0.2) is 27.0 Å². The first-order chi connectivity index (χ1) is 7.60. The molecular formula is C10H13ClN2O3. The van der Waals surface area contributed by atoms with Crippen LogP contribution in [0.15, 0.2) is 6.20 Å². The van der Waals surface area contributed by atoms with Crippen molar-refractivity contribution in [3.8, 4) is 5.75 Å². The SMILES string of the molecule is Cc1ncc(CO)c(CNC(=O)CCl)c1O. The number of halogens is 1. The molecule has 1 aromatic heterocycles. The highest BCUT2D eigenvalue weighted by Crippen LogP contribution is 2.23. The molecule has 6 heteroatoms. The van der Waals surface area contributed by atoms with E-state index in [0.717, 1.165) is 0 Å². The first kappa shape index (κ1) is 12.7. The van der Waals surface area contributed by atoms with Crippen LogP contribution in [0, 0.1) is 6.92 Å². The standard InChI is InChI=1S/C10H13ClN2O3/c1-6-10(16)8(4-13-9(15)2-11)7(5-14)3-12-6/h3,14,16H,2,4-5H2,1H3,(H,13,15). The lowest BCUT2D eigenvalue weighted by atomic mass is 10.1. The first-order valence-electron chi connectivity index (χ1n) is 4.70. The molecule has 0 unspecified atom stereocenters. The molecule has 88 valence electrons. The van der Waals surface area contributed by atoms with E-state index in [9.17, 15) is 9.90 Å². The Kier molecular flexibility index (Phi) is 4.52. The predicted molar refractivity (Wildman–Crippen MR) is 59.1 cm³/mol. The van der Waals surface area contributed by atoms with E-state index < -0.39 is 0 Å². The van der Waals surface area contributed by atoms with Gasteiger partial charge in [0.1, 0.15) is 11.6 Å². The fourth-order valence-electron chi connectivity index (χ4n) is 1.25. The Morgan fingerprint density at radius 2 is 2.31 bits per heavy atom. The van der Waals surface area contributed by atoms with Crippen LogP contribution in [0.3, 0.4) is 0 Å². The molecule has 3 N–H and O–H groups in total. The minimum Gasteiger partial charge on any atom is -0.506 e. The van der Waals surface area contributed by atoms with Gasteiger partial charge in [0, 0.05) is 23.9 Å². The monoisotopic (exact) mass is 244 g/mol. The number of aliphatic hydroxyl groups excluding tert-OH is 1. The van der Waals surface area contributed by atoms with Crippen LogP contribution in [0.4, 0.5) is 0 Å². The molecule has 5 nitrogen and oxygen atoms in total. The van der Waals surface area contributed by atoms with Crippen molar-refractivity contribution in [1.29, 1.82) is 0 Å². The van der Waals surface area contributed by atoms with Crippen LogP contribution in [0.25, 0.3) is 0 Å². The molecule has 0 aliphatic heterocycles. The number of aryl methyl sites for hydroxylation is 1. The lowest BCUT2D eigenvalue weighted by Gasteiger charge is -2.11. The summed E-state index contributed by atoms with van der Waals surface area (Å²) in [5.74, 6) is -0.486. The molecule has 0 aliphatic carbocycles. The minimum atomic E-state index is -0.334. The molecule has 0 atom stereocenters. The van der Waals surface area contributed by atoms with Crippen LogP contribution in [0.5, 0.6) is 5.75 Å². The van der Waals surface area contributed by atoms with Gasteiger partial charge in [-0.15, -0.1) is 11.6 Å². The summed E-state index contributed by atoms with van der Waals surface area (Å²) < 4.78 is 0. The number of carbonyl (C=O) groups excluding carboxylic acids is 1. The van der Waals surface area contributed by atoms with Gasteiger partial charge in [-0.25, -0.2) is 0 Å². The third kappa shape index (κ3) is 2.84. The zero-order valence-corrected chi connectivity index (χ0v) is 9.58. The van der Waals surface area contributed by atoms with Crippen molar-refractivity contribution < 1.29 is 15.0 Å². The summed E-state index contributed by atoms with van der Waals surface area (Å²) in [7, 11) is 0. The van der Waals surface area contributed by atoms with Crippen LogP contribution >= 0.6 is 11.6 Å². The Bertz CT molecular complexity index is 396. The number of hydrogen-bond donors (Lipinski definition) is 3. The second-order valence-corrected chi connectivity index (χ2v) is 3.53. The number of aliphatic hydroxyl groups is 1. The molecule has 0 radical (unpaired) electrons. The van der Waals surface area contributed by atoms with Gasteiger partial charge in [-0.1, -0.05) is 0 Å². The molecule has 0 aliphatic rings. The Labute approximate surface area is 98.1 Å². The van der Waals surface area contributed by atoms with Gasteiger partial charge in [-0.3, -0.25) is 9.78 Å². The molecule has 0 saturated carbocycles. The molecule has 16 heavy (non-hydrogen) atoms. The Morgan fingerprint density at radius 1 is 1.62 bits per heavy atom. The zero-order chi connectivity index (χ0) is 12.1. The quantitative estimate of drug-likeness (QED) is 0.672. The summed E-state index contributed by atoms with van der Waals surface area (Å²) in [6.45, 7) is 1.52. The number of aromatic hydroxyl groups is 1. The van der Waals surface area contributed by atoms with Crippen molar-refractivity contribution >= 4 is 17.5 Å². The van der Waals surface area contributed by atoms with Gasteiger partial charge in [-0.05, 0) is 6.92 Å². The third-order valence-electron chi connectivity index (χ3n) is 2.18. The molecule has 1 amide bonds. The zero-order valence-electron chi connectivity index (χ0n) is 8.83. The van der Waals surface area contributed by atoms with E-state index in [1.807, 2.05) is 0 Å². The number of alkyl halides is 1. The second kappa shape index (κ2) is 5.67.